The highest BCUT2D eigenvalue weighted by molar-refractivity contribution is 8.00. The molecule has 0 aromatic carbocycles. The standard InChI is InChI=1S/C5H11NS.ClH/c1-5(2)6-3-4-7-5;/h6H,3-4H2,1-2H3;1H. The Kier molecular flexibility index (Phi) is 3.17. The molecule has 0 unspecified atom stereocenters. The first-order valence-electron chi connectivity index (χ1n) is 2.60. The minimum atomic E-state index is 0. The molecule has 0 spiro atoms. The zero-order valence-corrected chi connectivity index (χ0v) is 6.77. The second-order valence-electron chi connectivity index (χ2n) is 2.29. The van der Waals surface area contributed by atoms with Gasteiger partial charge >= 0.3 is 1.43 Å². The molecule has 1 heterocycles. The molecule has 1 fully saturated rings. The predicted molar refractivity (Wildman–Crippen MR) is 35.7 cm³/mol. The summed E-state index contributed by atoms with van der Waals surface area (Å²) in [5.74, 6) is 1.27. The van der Waals surface area contributed by atoms with E-state index in [1.807, 2.05) is 11.8 Å². The van der Waals surface area contributed by atoms with E-state index in [9.17, 15) is 0 Å². The molecule has 8 heavy (non-hydrogen) atoms. The molecule has 0 bridgehead atoms. The van der Waals surface area contributed by atoms with Gasteiger partial charge in [0.25, 0.3) is 0 Å². The second-order valence-corrected chi connectivity index (χ2v) is 4.00. The average Bonchev–Trinajstić information content (AvgIpc) is 1.84. The highest BCUT2D eigenvalue weighted by Gasteiger charge is 2.21. The number of hydrogen-bond acceptors (Lipinski definition) is 2. The van der Waals surface area contributed by atoms with E-state index >= 15 is 0 Å². The van der Waals surface area contributed by atoms with Gasteiger partial charge in [-0.25, -0.2) is 0 Å². The monoisotopic (exact) mass is 153 g/mol. The Labute approximate surface area is 62.5 Å². The van der Waals surface area contributed by atoms with Gasteiger partial charge in [-0.05, 0) is 13.8 Å². The number of halogens is 1. The molecule has 0 aromatic rings. The van der Waals surface area contributed by atoms with Gasteiger partial charge in [-0.1, -0.05) is 0 Å². The van der Waals surface area contributed by atoms with Crippen molar-refractivity contribution in [3.8, 4) is 0 Å². The lowest BCUT2D eigenvalue weighted by Crippen LogP contribution is -3.00. The molecule has 1 N–H and O–H groups in total. The van der Waals surface area contributed by atoms with Crippen molar-refractivity contribution in [3.05, 3.63) is 0 Å². The molecule has 0 atom stereocenters. The van der Waals surface area contributed by atoms with Gasteiger partial charge in [0.2, 0.25) is 0 Å². The summed E-state index contributed by atoms with van der Waals surface area (Å²) < 4.78 is 0. The third kappa shape index (κ3) is 2.25. The summed E-state index contributed by atoms with van der Waals surface area (Å²) in [4.78, 5) is 0.361. The summed E-state index contributed by atoms with van der Waals surface area (Å²) in [5, 5.41) is 3.36. The largest absolute Gasteiger partial charge is 1.00 e. The molecule has 0 saturated carbocycles. The SMILES string of the molecule is CC1(C)NCCS1.[Cl-].[H+]. The second kappa shape index (κ2) is 2.95. The maximum Gasteiger partial charge on any atom is 1.00 e. The van der Waals surface area contributed by atoms with E-state index in [0.29, 0.717) is 4.87 Å². The van der Waals surface area contributed by atoms with Gasteiger partial charge in [-0.15, -0.1) is 11.8 Å². The zero-order chi connectivity index (χ0) is 5.33. The van der Waals surface area contributed by atoms with Crippen LogP contribution in [-0.2, 0) is 0 Å². The quantitative estimate of drug-likeness (QED) is 0.440. The molecule has 1 aliphatic rings. The molecule has 0 amide bonds. The lowest BCUT2D eigenvalue weighted by molar-refractivity contribution is -0.00000177. The van der Waals surface area contributed by atoms with Crippen LogP contribution < -0.4 is 17.7 Å². The van der Waals surface area contributed by atoms with Crippen LogP contribution in [0.3, 0.4) is 0 Å². The predicted octanol–water partition coefficient (Wildman–Crippen LogP) is -1.82. The minimum absolute atomic E-state index is 0. The summed E-state index contributed by atoms with van der Waals surface area (Å²) >= 11 is 1.99. The lowest BCUT2D eigenvalue weighted by atomic mass is 10.4. The van der Waals surface area contributed by atoms with Crippen LogP contribution in [0.2, 0.25) is 0 Å². The fourth-order valence-corrected chi connectivity index (χ4v) is 1.63. The van der Waals surface area contributed by atoms with E-state index in [1.165, 1.54) is 12.3 Å². The molecule has 1 rings (SSSR count). The number of rotatable bonds is 0. The summed E-state index contributed by atoms with van der Waals surface area (Å²) in [7, 11) is 0. The first kappa shape index (κ1) is 8.60. The van der Waals surface area contributed by atoms with Gasteiger partial charge in [0.15, 0.2) is 0 Å². The highest BCUT2D eigenvalue weighted by Crippen LogP contribution is 2.24. The van der Waals surface area contributed by atoms with Crippen molar-refractivity contribution in [2.24, 2.45) is 0 Å². The van der Waals surface area contributed by atoms with Crippen molar-refractivity contribution in [1.82, 2.24) is 5.32 Å². The van der Waals surface area contributed by atoms with Crippen LogP contribution in [-0.4, -0.2) is 17.2 Å². The van der Waals surface area contributed by atoms with E-state index in [1.54, 1.807) is 0 Å². The molecule has 0 aliphatic carbocycles. The maximum absolute atomic E-state index is 3.36. The molecular formula is C5H12ClNS. The van der Waals surface area contributed by atoms with Crippen molar-refractivity contribution >= 4 is 11.8 Å². The third-order valence-corrected chi connectivity index (χ3v) is 2.39. The van der Waals surface area contributed by atoms with E-state index in [-0.39, 0.29) is 13.8 Å². The topological polar surface area (TPSA) is 12.0 Å². The van der Waals surface area contributed by atoms with Gasteiger partial charge in [0.1, 0.15) is 0 Å². The van der Waals surface area contributed by atoms with Gasteiger partial charge in [0.05, 0.1) is 4.87 Å². The third-order valence-electron chi connectivity index (χ3n) is 1.12. The number of thioether (sulfide) groups is 1. The fourth-order valence-electron chi connectivity index (χ4n) is 0.709. The van der Waals surface area contributed by atoms with E-state index in [0.717, 1.165) is 0 Å². The van der Waals surface area contributed by atoms with Crippen LogP contribution in [0.5, 0.6) is 0 Å². The Morgan fingerprint density at radius 2 is 2.25 bits per heavy atom. The molecule has 1 saturated heterocycles. The van der Waals surface area contributed by atoms with Crippen LogP contribution >= 0.6 is 11.8 Å². The van der Waals surface area contributed by atoms with Gasteiger partial charge in [0, 0.05) is 12.3 Å². The van der Waals surface area contributed by atoms with Crippen molar-refractivity contribution in [2.45, 2.75) is 18.7 Å². The summed E-state index contributed by atoms with van der Waals surface area (Å²) in [6, 6.07) is 0. The van der Waals surface area contributed by atoms with Gasteiger partial charge < -0.3 is 17.7 Å². The summed E-state index contributed by atoms with van der Waals surface area (Å²) in [6.07, 6.45) is 0. The zero-order valence-electron chi connectivity index (χ0n) is 6.20. The van der Waals surface area contributed by atoms with Gasteiger partial charge in [-0.3, -0.25) is 0 Å². The average molecular weight is 154 g/mol. The first-order chi connectivity index (χ1) is 3.21. The Hall–Kier alpha value is 0.600. The van der Waals surface area contributed by atoms with Crippen LogP contribution in [0.15, 0.2) is 0 Å². The molecular weight excluding hydrogens is 142 g/mol. The molecule has 1 aliphatic heterocycles. The molecule has 0 radical (unpaired) electrons. The molecule has 3 heteroatoms. The Balaban J connectivity index is 0. The summed E-state index contributed by atoms with van der Waals surface area (Å²) in [5.41, 5.74) is 0. The fraction of sp³-hybridized carbons (Fsp3) is 1.00. The van der Waals surface area contributed by atoms with E-state index in [2.05, 4.69) is 19.2 Å². The van der Waals surface area contributed by atoms with Crippen molar-refractivity contribution in [2.75, 3.05) is 12.3 Å². The Morgan fingerprint density at radius 3 is 2.38 bits per heavy atom. The molecule has 50 valence electrons. The van der Waals surface area contributed by atoms with Crippen LogP contribution in [0.4, 0.5) is 0 Å². The van der Waals surface area contributed by atoms with Crippen LogP contribution in [0.1, 0.15) is 15.3 Å². The van der Waals surface area contributed by atoms with Crippen LogP contribution in [0, 0.1) is 0 Å². The Bertz CT molecular complexity index is 71.4. The maximum atomic E-state index is 3.36. The smallest absolute Gasteiger partial charge is 1.00 e. The normalized spacial score (nSPS) is 24.8. The van der Waals surface area contributed by atoms with Crippen LogP contribution in [0.25, 0.3) is 0 Å². The molecule has 1 nitrogen and oxygen atoms in total. The molecule has 0 aromatic heterocycles. The number of hydrogen-bond donors (Lipinski definition) is 1. The van der Waals surface area contributed by atoms with E-state index in [4.69, 9.17) is 0 Å². The van der Waals surface area contributed by atoms with Crippen molar-refractivity contribution in [1.29, 1.82) is 0 Å². The lowest BCUT2D eigenvalue weighted by Gasteiger charge is -2.14. The van der Waals surface area contributed by atoms with E-state index < -0.39 is 0 Å². The minimum Gasteiger partial charge on any atom is -1.00 e. The van der Waals surface area contributed by atoms with Crippen molar-refractivity contribution in [3.63, 3.8) is 0 Å². The van der Waals surface area contributed by atoms with Crippen molar-refractivity contribution < 1.29 is 13.8 Å². The van der Waals surface area contributed by atoms with Gasteiger partial charge in [-0.2, -0.15) is 0 Å². The summed E-state index contributed by atoms with van der Waals surface area (Å²) in [6.45, 7) is 5.60. The number of nitrogens with one attached hydrogen (secondary N) is 1. The highest BCUT2D eigenvalue weighted by atomic mass is 35.5. The Morgan fingerprint density at radius 1 is 1.62 bits per heavy atom. The first-order valence-corrected chi connectivity index (χ1v) is 3.58.